The maximum atomic E-state index is 4.81. The summed E-state index contributed by atoms with van der Waals surface area (Å²) in [5.74, 6) is 0. The fraction of sp³-hybridized carbons (Fsp3) is 1.00. The molecule has 3 N–H and O–H groups in total. The van der Waals surface area contributed by atoms with Crippen LogP contribution >= 0.6 is 51.8 Å². The molecule has 0 heterocycles. The fourth-order valence-corrected chi connectivity index (χ4v) is 0. The van der Waals surface area contributed by atoms with E-state index in [4.69, 9.17) is 34.8 Å². The SMILES string of the molecule is Br.ClC(Cl)Cl.N. The lowest BCUT2D eigenvalue weighted by Crippen LogP contribution is -1.55. The van der Waals surface area contributed by atoms with E-state index in [1.54, 1.807) is 0 Å². The first kappa shape index (κ1) is 15.7. The summed E-state index contributed by atoms with van der Waals surface area (Å²) in [4.78, 5) is 0. The van der Waals surface area contributed by atoms with E-state index in [1.807, 2.05) is 0 Å². The lowest BCUT2D eigenvalue weighted by molar-refractivity contribution is 1.96. The molecule has 5 heteroatoms. The summed E-state index contributed by atoms with van der Waals surface area (Å²) >= 11 is 14.4. The Balaban J connectivity index is -0.0000000450. The second-order valence-corrected chi connectivity index (χ2v) is 2.23. The molecule has 0 amide bonds. The minimum atomic E-state index is -0.750. The Labute approximate surface area is 62.3 Å². The molecule has 0 rings (SSSR count). The lowest BCUT2D eigenvalue weighted by atomic mass is 11.9. The van der Waals surface area contributed by atoms with Gasteiger partial charge in [-0.2, -0.15) is 0 Å². The summed E-state index contributed by atoms with van der Waals surface area (Å²) in [6.07, 6.45) is 0. The van der Waals surface area contributed by atoms with Crippen molar-refractivity contribution >= 4 is 51.8 Å². The molecule has 0 atom stereocenters. The van der Waals surface area contributed by atoms with Crippen LogP contribution in [0, 0.1) is 0 Å². The second kappa shape index (κ2) is 9.58. The quantitative estimate of drug-likeness (QED) is 0.622. The standard InChI is InChI=1S/CHCl3.BrH.H3N/c2-1(3)4;;/h1H;1H;1H3. The topological polar surface area (TPSA) is 35.0 Å². The number of hydrogen-bond donors (Lipinski definition) is 1. The second-order valence-electron chi connectivity index (χ2n) is 0.247. The maximum absolute atomic E-state index is 4.81. The van der Waals surface area contributed by atoms with Crippen molar-refractivity contribution in [2.24, 2.45) is 0 Å². The molecule has 0 bridgehead atoms. The van der Waals surface area contributed by atoms with Crippen LogP contribution in [0.3, 0.4) is 0 Å². The van der Waals surface area contributed by atoms with E-state index in [2.05, 4.69) is 0 Å². The van der Waals surface area contributed by atoms with Gasteiger partial charge < -0.3 is 6.15 Å². The highest BCUT2D eigenvalue weighted by Gasteiger charge is 1.78. The Bertz CT molecular complexity index is 15.5. The molecule has 0 aliphatic carbocycles. The van der Waals surface area contributed by atoms with Gasteiger partial charge in [0, 0.05) is 0 Å². The maximum Gasteiger partial charge on any atom is 0.180 e. The van der Waals surface area contributed by atoms with Crippen molar-refractivity contribution in [1.82, 2.24) is 6.15 Å². The molecule has 42 valence electrons. The number of hydrogen-bond acceptors (Lipinski definition) is 1. The highest BCUT2D eigenvalue weighted by atomic mass is 79.9. The number of halogens is 4. The smallest absolute Gasteiger partial charge is 0.180 e. The highest BCUT2D eigenvalue weighted by molar-refractivity contribution is 8.93. The molecule has 0 aromatic carbocycles. The average molecular weight is 217 g/mol. The third-order valence-electron chi connectivity index (χ3n) is 0. The Kier molecular flexibility index (Phi) is 25.0. The van der Waals surface area contributed by atoms with Crippen LogP contribution in [-0.4, -0.2) is 4.30 Å². The zero-order chi connectivity index (χ0) is 3.58. The Morgan fingerprint density at radius 2 is 1.00 bits per heavy atom. The molecule has 0 aliphatic heterocycles. The molecule has 0 aromatic rings. The largest absolute Gasteiger partial charge is 0.344 e. The van der Waals surface area contributed by atoms with E-state index < -0.39 is 4.30 Å². The molecular formula is CH5BrCl3N. The third kappa shape index (κ3) is 57.5. The monoisotopic (exact) mass is 215 g/mol. The molecule has 0 unspecified atom stereocenters. The van der Waals surface area contributed by atoms with E-state index >= 15 is 0 Å². The van der Waals surface area contributed by atoms with Crippen LogP contribution in [0.1, 0.15) is 0 Å². The Morgan fingerprint density at radius 1 is 1.00 bits per heavy atom. The van der Waals surface area contributed by atoms with Crippen molar-refractivity contribution in [2.75, 3.05) is 0 Å². The number of alkyl halides is 3. The van der Waals surface area contributed by atoms with Gasteiger partial charge in [-0.3, -0.25) is 0 Å². The normalized spacial score (nSPS) is 6.00. The van der Waals surface area contributed by atoms with Crippen LogP contribution in [0.5, 0.6) is 0 Å². The summed E-state index contributed by atoms with van der Waals surface area (Å²) in [6.45, 7) is 0. The first-order chi connectivity index (χ1) is 1.73. The first-order valence-electron chi connectivity index (χ1n) is 0.655. The molecule has 0 fully saturated rings. The molecule has 0 spiro atoms. The van der Waals surface area contributed by atoms with Crippen molar-refractivity contribution in [3.8, 4) is 0 Å². The zero-order valence-electron chi connectivity index (χ0n) is 2.83. The summed E-state index contributed by atoms with van der Waals surface area (Å²) in [7, 11) is 0. The highest BCUT2D eigenvalue weighted by Crippen LogP contribution is 2.03. The van der Waals surface area contributed by atoms with Crippen LogP contribution < -0.4 is 6.15 Å². The van der Waals surface area contributed by atoms with Crippen LogP contribution in [0.15, 0.2) is 0 Å². The van der Waals surface area contributed by atoms with Gasteiger partial charge in [-0.05, 0) is 0 Å². The lowest BCUT2D eigenvalue weighted by Gasteiger charge is -1.69. The van der Waals surface area contributed by atoms with Crippen LogP contribution in [0.25, 0.3) is 0 Å². The predicted molar refractivity (Wildman–Crippen MR) is 36.7 cm³/mol. The summed E-state index contributed by atoms with van der Waals surface area (Å²) in [6, 6.07) is 0. The summed E-state index contributed by atoms with van der Waals surface area (Å²) < 4.78 is -0.750. The van der Waals surface area contributed by atoms with Crippen molar-refractivity contribution in [2.45, 2.75) is 4.30 Å². The molecule has 6 heavy (non-hydrogen) atoms. The average Bonchev–Trinajstić information content (AvgIpc) is 0.811. The first-order valence-corrected chi connectivity index (χ1v) is 1.96. The van der Waals surface area contributed by atoms with Crippen LogP contribution in [0.2, 0.25) is 0 Å². The van der Waals surface area contributed by atoms with Crippen molar-refractivity contribution in [3.05, 3.63) is 0 Å². The van der Waals surface area contributed by atoms with Crippen LogP contribution in [0.4, 0.5) is 0 Å². The summed E-state index contributed by atoms with van der Waals surface area (Å²) in [5, 5.41) is 0. The Morgan fingerprint density at radius 3 is 1.00 bits per heavy atom. The molecule has 0 aromatic heterocycles. The molecular weight excluding hydrogens is 212 g/mol. The minimum absolute atomic E-state index is 0. The van der Waals surface area contributed by atoms with Gasteiger partial charge >= 0.3 is 0 Å². The van der Waals surface area contributed by atoms with Crippen molar-refractivity contribution < 1.29 is 0 Å². The van der Waals surface area contributed by atoms with E-state index in [0.717, 1.165) is 0 Å². The van der Waals surface area contributed by atoms with Gasteiger partial charge in [0.25, 0.3) is 0 Å². The van der Waals surface area contributed by atoms with Gasteiger partial charge in [-0.25, -0.2) is 0 Å². The van der Waals surface area contributed by atoms with Crippen molar-refractivity contribution in [1.29, 1.82) is 0 Å². The molecule has 0 saturated carbocycles. The zero-order valence-corrected chi connectivity index (χ0v) is 6.81. The minimum Gasteiger partial charge on any atom is -0.344 e. The number of rotatable bonds is 0. The van der Waals surface area contributed by atoms with Gasteiger partial charge in [0.2, 0.25) is 0 Å². The van der Waals surface area contributed by atoms with Gasteiger partial charge in [0.1, 0.15) is 0 Å². The summed E-state index contributed by atoms with van der Waals surface area (Å²) in [5.41, 5.74) is 0. The van der Waals surface area contributed by atoms with Gasteiger partial charge in [-0.1, -0.05) is 34.8 Å². The Hall–Kier alpha value is 1.31. The van der Waals surface area contributed by atoms with E-state index in [1.165, 1.54) is 0 Å². The molecule has 0 aliphatic rings. The predicted octanol–water partition coefficient (Wildman–Crippen LogP) is 2.73. The van der Waals surface area contributed by atoms with Gasteiger partial charge in [-0.15, -0.1) is 17.0 Å². The van der Waals surface area contributed by atoms with Gasteiger partial charge in [0.05, 0.1) is 0 Å². The fourth-order valence-electron chi connectivity index (χ4n) is 0. The molecule has 0 radical (unpaired) electrons. The molecule has 0 saturated heterocycles. The van der Waals surface area contributed by atoms with Gasteiger partial charge in [0.15, 0.2) is 4.30 Å². The van der Waals surface area contributed by atoms with E-state index in [-0.39, 0.29) is 23.1 Å². The van der Waals surface area contributed by atoms with E-state index in [0.29, 0.717) is 0 Å². The third-order valence-corrected chi connectivity index (χ3v) is 0. The van der Waals surface area contributed by atoms with E-state index in [9.17, 15) is 0 Å². The van der Waals surface area contributed by atoms with Crippen molar-refractivity contribution in [3.63, 3.8) is 0 Å². The van der Waals surface area contributed by atoms with Crippen LogP contribution in [-0.2, 0) is 0 Å². The molecule has 1 nitrogen and oxygen atoms in total.